The van der Waals surface area contributed by atoms with Gasteiger partial charge in [-0.3, -0.25) is 14.9 Å². The Morgan fingerprint density at radius 2 is 1.58 bits per heavy atom. The van der Waals surface area contributed by atoms with Crippen molar-refractivity contribution in [3.8, 4) is 11.1 Å². The molecule has 0 saturated heterocycles. The minimum Gasteiger partial charge on any atom is -0.480 e. The first-order valence-electron chi connectivity index (χ1n) is 9.61. The second-order valence-corrected chi connectivity index (χ2v) is 6.96. The molecule has 1 aromatic heterocycles. The smallest absolute Gasteiger partial charge is 0.411 e. The Hall–Kier alpha value is -4.20. The molecule has 0 aliphatic heterocycles. The summed E-state index contributed by atoms with van der Waals surface area (Å²) in [4.78, 5) is 38.5. The molecule has 2 aromatic carbocycles. The van der Waals surface area contributed by atoms with E-state index < -0.39 is 24.5 Å². The van der Waals surface area contributed by atoms with E-state index in [0.29, 0.717) is 5.69 Å². The van der Waals surface area contributed by atoms with Crippen molar-refractivity contribution in [1.29, 1.82) is 0 Å². The lowest BCUT2D eigenvalue weighted by Gasteiger charge is -2.14. The van der Waals surface area contributed by atoms with Crippen molar-refractivity contribution in [3.05, 3.63) is 83.7 Å². The molecule has 2 amide bonds. The second kappa shape index (κ2) is 8.66. The van der Waals surface area contributed by atoms with Crippen LogP contribution in [0.5, 0.6) is 0 Å². The van der Waals surface area contributed by atoms with Crippen LogP contribution in [0.4, 0.5) is 10.5 Å². The van der Waals surface area contributed by atoms with Crippen molar-refractivity contribution in [3.63, 3.8) is 0 Å². The normalized spacial score (nSPS) is 11.9. The number of hydrogen-bond donors (Lipinski definition) is 3. The molecule has 8 nitrogen and oxygen atoms in total. The van der Waals surface area contributed by atoms with Crippen LogP contribution in [-0.2, 0) is 9.53 Å². The fourth-order valence-corrected chi connectivity index (χ4v) is 3.60. The van der Waals surface area contributed by atoms with E-state index in [1.54, 1.807) is 0 Å². The molecule has 0 fully saturated rings. The number of ether oxygens (including phenoxy) is 1. The number of carbonyl (C=O) groups excluding carboxylic acids is 2. The summed E-state index contributed by atoms with van der Waals surface area (Å²) in [6.07, 6.45) is 0.670. The number of carboxylic acid groups (broad SMARTS) is 1. The van der Waals surface area contributed by atoms with Crippen LogP contribution in [0.3, 0.4) is 0 Å². The highest BCUT2D eigenvalue weighted by molar-refractivity contribution is 5.94. The van der Waals surface area contributed by atoms with Gasteiger partial charge in [0.25, 0.3) is 5.91 Å². The molecule has 156 valence electrons. The van der Waals surface area contributed by atoms with Crippen LogP contribution in [-0.4, -0.2) is 41.2 Å². The Bertz CT molecular complexity index is 1100. The summed E-state index contributed by atoms with van der Waals surface area (Å²) in [5.74, 6) is -1.81. The number of carbonyl (C=O) groups is 3. The molecule has 3 aromatic rings. The first kappa shape index (κ1) is 20.1. The predicted octanol–water partition coefficient (Wildman–Crippen LogP) is 3.26. The van der Waals surface area contributed by atoms with Crippen LogP contribution in [0.25, 0.3) is 11.1 Å². The minimum atomic E-state index is -1.15. The van der Waals surface area contributed by atoms with Crippen LogP contribution in [0.1, 0.15) is 27.5 Å². The first-order chi connectivity index (χ1) is 15.0. The number of fused-ring (bicyclic) bond motifs is 3. The van der Waals surface area contributed by atoms with E-state index in [2.05, 4.69) is 27.8 Å². The molecule has 8 heteroatoms. The molecule has 0 unspecified atom stereocenters. The molecule has 31 heavy (non-hydrogen) atoms. The monoisotopic (exact) mass is 417 g/mol. The van der Waals surface area contributed by atoms with Gasteiger partial charge in [-0.25, -0.2) is 9.78 Å². The van der Waals surface area contributed by atoms with Crippen molar-refractivity contribution in [2.75, 3.05) is 18.5 Å². The Labute approximate surface area is 177 Å². The summed E-state index contributed by atoms with van der Waals surface area (Å²) in [6, 6.07) is 19.0. The third-order valence-electron chi connectivity index (χ3n) is 4.99. The summed E-state index contributed by atoms with van der Waals surface area (Å²) < 4.78 is 5.46. The zero-order valence-corrected chi connectivity index (χ0v) is 16.4. The molecule has 0 spiro atoms. The third-order valence-corrected chi connectivity index (χ3v) is 4.99. The number of nitrogens with zero attached hydrogens (tertiary/aromatic N) is 1. The minimum absolute atomic E-state index is 0.0411. The number of hydrogen-bond acceptors (Lipinski definition) is 5. The average Bonchev–Trinajstić information content (AvgIpc) is 3.10. The van der Waals surface area contributed by atoms with Gasteiger partial charge < -0.3 is 15.2 Å². The average molecular weight is 417 g/mol. The number of nitrogens with one attached hydrogen (secondary N) is 2. The highest BCUT2D eigenvalue weighted by Gasteiger charge is 2.29. The fourth-order valence-electron chi connectivity index (χ4n) is 3.60. The van der Waals surface area contributed by atoms with Gasteiger partial charge in [-0.05, 0) is 34.4 Å². The highest BCUT2D eigenvalue weighted by Crippen LogP contribution is 2.44. The molecule has 0 atom stereocenters. The van der Waals surface area contributed by atoms with Crippen LogP contribution in [0.15, 0.2) is 66.9 Å². The number of aromatic nitrogens is 1. The second-order valence-electron chi connectivity index (χ2n) is 6.96. The van der Waals surface area contributed by atoms with Crippen LogP contribution in [0, 0.1) is 0 Å². The maximum Gasteiger partial charge on any atom is 0.411 e. The zero-order chi connectivity index (χ0) is 21.8. The maximum atomic E-state index is 12.3. The van der Waals surface area contributed by atoms with E-state index in [4.69, 9.17) is 9.84 Å². The Balaban J connectivity index is 1.37. The molecule has 1 aliphatic rings. The quantitative estimate of drug-likeness (QED) is 0.567. The van der Waals surface area contributed by atoms with Crippen LogP contribution < -0.4 is 10.6 Å². The van der Waals surface area contributed by atoms with Crippen LogP contribution >= 0.6 is 0 Å². The molecule has 0 bridgehead atoms. The van der Waals surface area contributed by atoms with Gasteiger partial charge in [0.15, 0.2) is 0 Å². The largest absolute Gasteiger partial charge is 0.480 e. The molecule has 4 rings (SSSR count). The summed E-state index contributed by atoms with van der Waals surface area (Å²) in [5, 5.41) is 13.4. The number of anilines is 1. The van der Waals surface area contributed by atoms with Gasteiger partial charge in [0.05, 0.1) is 11.9 Å². The summed E-state index contributed by atoms with van der Waals surface area (Å²) in [6.45, 7) is -0.316. The Morgan fingerprint density at radius 1 is 0.935 bits per heavy atom. The summed E-state index contributed by atoms with van der Waals surface area (Å²) in [7, 11) is 0. The van der Waals surface area contributed by atoms with Gasteiger partial charge in [-0.1, -0.05) is 48.5 Å². The zero-order valence-electron chi connectivity index (χ0n) is 16.4. The lowest BCUT2D eigenvalue weighted by Crippen LogP contribution is -2.29. The van der Waals surface area contributed by atoms with Gasteiger partial charge in [0.2, 0.25) is 0 Å². The van der Waals surface area contributed by atoms with Gasteiger partial charge in [0, 0.05) is 5.92 Å². The van der Waals surface area contributed by atoms with Crippen molar-refractivity contribution < 1.29 is 24.2 Å². The molecular formula is C23H19N3O5. The fraction of sp³-hybridized carbons (Fsp3) is 0.130. The molecule has 0 radical (unpaired) electrons. The molecule has 3 N–H and O–H groups in total. The number of amides is 2. The molecule has 0 saturated carbocycles. The Kier molecular flexibility index (Phi) is 5.61. The SMILES string of the molecule is O=C(O)CNC(=O)c1ccc(NC(=O)OCC2c3ccccc3-c3ccccc32)cn1. The number of carboxylic acids is 1. The summed E-state index contributed by atoms with van der Waals surface area (Å²) >= 11 is 0. The first-order valence-corrected chi connectivity index (χ1v) is 9.61. The van der Waals surface area contributed by atoms with E-state index in [9.17, 15) is 14.4 Å². The predicted molar refractivity (Wildman–Crippen MR) is 113 cm³/mol. The van der Waals surface area contributed by atoms with Gasteiger partial charge in [-0.15, -0.1) is 0 Å². The van der Waals surface area contributed by atoms with Crippen molar-refractivity contribution >= 4 is 23.7 Å². The van der Waals surface area contributed by atoms with Crippen molar-refractivity contribution in [2.24, 2.45) is 0 Å². The lowest BCUT2D eigenvalue weighted by molar-refractivity contribution is -0.135. The van der Waals surface area contributed by atoms with Crippen LogP contribution in [0.2, 0.25) is 0 Å². The Morgan fingerprint density at radius 3 is 2.16 bits per heavy atom. The van der Waals surface area contributed by atoms with E-state index in [1.807, 2.05) is 36.4 Å². The van der Waals surface area contributed by atoms with Crippen molar-refractivity contribution in [2.45, 2.75) is 5.92 Å². The number of aliphatic carboxylic acids is 1. The van der Waals surface area contributed by atoms with E-state index in [1.165, 1.54) is 18.3 Å². The third kappa shape index (κ3) is 4.37. The number of rotatable bonds is 6. The molecule has 1 aliphatic carbocycles. The van der Waals surface area contributed by atoms with Gasteiger partial charge in [-0.2, -0.15) is 0 Å². The number of pyridine rings is 1. The number of benzene rings is 2. The maximum absolute atomic E-state index is 12.3. The molecular weight excluding hydrogens is 398 g/mol. The lowest BCUT2D eigenvalue weighted by atomic mass is 9.98. The molecule has 1 heterocycles. The van der Waals surface area contributed by atoms with E-state index in [-0.39, 0.29) is 18.2 Å². The standard InChI is InChI=1S/C23H19N3O5/c27-21(28)12-25-22(29)20-10-9-14(11-24-20)26-23(30)31-13-19-17-7-3-1-5-15(17)16-6-2-4-8-18(16)19/h1-11,19H,12-13H2,(H,25,29)(H,26,30)(H,27,28). The van der Waals surface area contributed by atoms with Crippen molar-refractivity contribution in [1.82, 2.24) is 10.3 Å². The van der Waals surface area contributed by atoms with Gasteiger partial charge in [0.1, 0.15) is 18.8 Å². The highest BCUT2D eigenvalue weighted by atomic mass is 16.5. The summed E-state index contributed by atoms with van der Waals surface area (Å²) in [5.41, 5.74) is 4.93. The van der Waals surface area contributed by atoms with Gasteiger partial charge >= 0.3 is 12.1 Å². The van der Waals surface area contributed by atoms with E-state index >= 15 is 0 Å². The topological polar surface area (TPSA) is 118 Å². The van der Waals surface area contributed by atoms with E-state index in [0.717, 1.165) is 22.3 Å².